The van der Waals surface area contributed by atoms with E-state index >= 15 is 0 Å². The van der Waals surface area contributed by atoms with E-state index in [1.54, 1.807) is 16.2 Å². The van der Waals surface area contributed by atoms with Gasteiger partial charge in [-0.05, 0) is 17.9 Å². The largest absolute Gasteiger partial charge is 0.339 e. The van der Waals surface area contributed by atoms with Gasteiger partial charge in [0.05, 0.1) is 0 Å². The number of hydrogen-bond donors (Lipinski definition) is 1. The predicted octanol–water partition coefficient (Wildman–Crippen LogP) is 0.463. The van der Waals surface area contributed by atoms with Gasteiger partial charge in [0, 0.05) is 68.1 Å². The Morgan fingerprint density at radius 1 is 1.11 bits per heavy atom. The summed E-state index contributed by atoms with van der Waals surface area (Å²) in [4.78, 5) is 54.9. The predicted molar refractivity (Wildman–Crippen MR) is 104 cm³/mol. The number of hydrogen-bond acceptors (Lipinski definition) is 5. The Kier molecular flexibility index (Phi) is 5.17. The Bertz CT molecular complexity index is 972. The van der Waals surface area contributed by atoms with Crippen LogP contribution >= 0.6 is 11.3 Å². The highest BCUT2D eigenvalue weighted by Gasteiger charge is 2.46. The highest BCUT2D eigenvalue weighted by atomic mass is 32.1. The summed E-state index contributed by atoms with van der Waals surface area (Å²) in [5, 5.41) is 2.04. The third kappa shape index (κ3) is 3.94. The van der Waals surface area contributed by atoms with E-state index in [0.29, 0.717) is 32.1 Å². The molecule has 0 spiro atoms. The summed E-state index contributed by atoms with van der Waals surface area (Å²) in [5.74, 6) is 0.606. The highest BCUT2D eigenvalue weighted by molar-refractivity contribution is 7.10. The van der Waals surface area contributed by atoms with Crippen LogP contribution < -0.4 is 11.2 Å². The van der Waals surface area contributed by atoms with Crippen molar-refractivity contribution >= 4 is 23.2 Å². The summed E-state index contributed by atoms with van der Waals surface area (Å²) in [5.41, 5.74) is -0.967. The normalized spacial score (nSPS) is 21.6. The molecule has 2 aliphatic rings. The minimum atomic E-state index is -0.513. The van der Waals surface area contributed by atoms with Crippen LogP contribution in [0.3, 0.4) is 0 Å². The lowest BCUT2D eigenvalue weighted by atomic mass is 10.2. The molecule has 9 heteroatoms. The maximum atomic E-state index is 12.7. The molecule has 8 nitrogen and oxygen atoms in total. The number of carbonyl (C=O) groups excluding carboxylic acids is 2. The molecule has 4 rings (SSSR count). The first kappa shape index (κ1) is 18.7. The summed E-state index contributed by atoms with van der Waals surface area (Å²) in [6.45, 7) is 2.36. The molecule has 0 aromatic carbocycles. The highest BCUT2D eigenvalue weighted by Crippen LogP contribution is 2.50. The number of thiophene rings is 1. The molecular formula is C19H22N4O4S. The third-order valence-electron chi connectivity index (χ3n) is 5.42. The van der Waals surface area contributed by atoms with Crippen molar-refractivity contribution in [2.75, 3.05) is 26.2 Å². The minimum absolute atomic E-state index is 0.0481. The summed E-state index contributed by atoms with van der Waals surface area (Å²) < 4.78 is 1.32. The zero-order chi connectivity index (χ0) is 19.7. The van der Waals surface area contributed by atoms with Crippen molar-refractivity contribution in [2.24, 2.45) is 5.92 Å². The van der Waals surface area contributed by atoms with E-state index in [0.717, 1.165) is 6.42 Å². The lowest BCUT2D eigenvalue weighted by Crippen LogP contribution is -2.51. The van der Waals surface area contributed by atoms with E-state index in [4.69, 9.17) is 0 Å². The topological polar surface area (TPSA) is 95.5 Å². The molecule has 1 saturated carbocycles. The van der Waals surface area contributed by atoms with E-state index in [-0.39, 0.29) is 30.7 Å². The summed E-state index contributed by atoms with van der Waals surface area (Å²) in [7, 11) is 0. The fraction of sp³-hybridized carbons (Fsp3) is 0.474. The Balaban J connectivity index is 1.25. The number of amides is 2. The van der Waals surface area contributed by atoms with Crippen molar-refractivity contribution in [3.05, 3.63) is 55.5 Å². The van der Waals surface area contributed by atoms with Crippen LogP contribution in [0, 0.1) is 5.92 Å². The van der Waals surface area contributed by atoms with E-state index in [2.05, 4.69) is 11.1 Å². The lowest BCUT2D eigenvalue weighted by Gasteiger charge is -2.35. The minimum Gasteiger partial charge on any atom is -0.339 e. The van der Waals surface area contributed by atoms with Gasteiger partial charge in [0.1, 0.15) is 0 Å². The maximum Gasteiger partial charge on any atom is 0.328 e. The standard InChI is InChI=1S/C19H22N4O4S/c24-16-3-5-23(19(27)20-16)6-4-17(25)21-7-9-22(10-8-21)18(26)14-12-13(14)15-2-1-11-28-15/h1-3,5,11,13-14H,4,6-10,12H2,(H,20,24,27)/t13-,14+/m0/s1. The van der Waals surface area contributed by atoms with Crippen molar-refractivity contribution in [3.8, 4) is 0 Å². The molecule has 2 atom stereocenters. The van der Waals surface area contributed by atoms with Crippen LogP contribution in [0.5, 0.6) is 0 Å². The molecule has 0 bridgehead atoms. The quantitative estimate of drug-likeness (QED) is 0.786. The van der Waals surface area contributed by atoms with Crippen molar-refractivity contribution in [3.63, 3.8) is 0 Å². The number of aromatic nitrogens is 2. The van der Waals surface area contributed by atoms with E-state index in [1.165, 1.54) is 21.7 Å². The van der Waals surface area contributed by atoms with Gasteiger partial charge in [0.2, 0.25) is 11.8 Å². The average molecular weight is 402 g/mol. The van der Waals surface area contributed by atoms with E-state index in [9.17, 15) is 19.2 Å². The van der Waals surface area contributed by atoms with Gasteiger partial charge in [-0.25, -0.2) is 4.79 Å². The van der Waals surface area contributed by atoms with Crippen molar-refractivity contribution in [1.82, 2.24) is 19.4 Å². The van der Waals surface area contributed by atoms with Gasteiger partial charge in [-0.3, -0.25) is 19.4 Å². The van der Waals surface area contributed by atoms with Gasteiger partial charge < -0.3 is 14.4 Å². The van der Waals surface area contributed by atoms with Gasteiger partial charge in [-0.1, -0.05) is 6.07 Å². The van der Waals surface area contributed by atoms with Crippen LogP contribution in [0.2, 0.25) is 0 Å². The number of nitrogens with one attached hydrogen (secondary N) is 1. The molecule has 2 aromatic heterocycles. The Morgan fingerprint density at radius 3 is 2.54 bits per heavy atom. The molecule has 1 saturated heterocycles. The van der Waals surface area contributed by atoms with Gasteiger partial charge in [0.25, 0.3) is 5.56 Å². The zero-order valence-corrected chi connectivity index (χ0v) is 16.2. The lowest BCUT2D eigenvalue weighted by molar-refractivity contribution is -0.140. The van der Waals surface area contributed by atoms with Crippen LogP contribution in [0.25, 0.3) is 0 Å². The molecule has 148 valence electrons. The number of carbonyl (C=O) groups is 2. The Labute approximate surface area is 165 Å². The molecule has 1 aliphatic heterocycles. The van der Waals surface area contributed by atoms with Gasteiger partial charge in [-0.2, -0.15) is 0 Å². The second kappa shape index (κ2) is 7.75. The average Bonchev–Trinajstić information content (AvgIpc) is 3.31. The molecule has 1 aliphatic carbocycles. The molecule has 2 aromatic rings. The third-order valence-corrected chi connectivity index (χ3v) is 6.43. The number of aromatic amines is 1. The van der Waals surface area contributed by atoms with Crippen molar-refractivity contribution < 1.29 is 9.59 Å². The zero-order valence-electron chi connectivity index (χ0n) is 15.4. The summed E-state index contributed by atoms with van der Waals surface area (Å²) >= 11 is 1.70. The van der Waals surface area contributed by atoms with Crippen molar-refractivity contribution in [1.29, 1.82) is 0 Å². The summed E-state index contributed by atoms with van der Waals surface area (Å²) in [6, 6.07) is 5.37. The number of nitrogens with zero attached hydrogens (tertiary/aromatic N) is 3. The molecule has 0 unspecified atom stereocenters. The molecule has 2 amide bonds. The van der Waals surface area contributed by atoms with Crippen LogP contribution in [-0.2, 0) is 16.1 Å². The van der Waals surface area contributed by atoms with E-state index < -0.39 is 11.2 Å². The maximum absolute atomic E-state index is 12.7. The SMILES string of the molecule is O=C(CCn1ccc(=O)[nH]c1=O)N1CCN(C(=O)[C@@H]2C[C@@H]2c2cccs2)CC1. The van der Waals surface area contributed by atoms with Crippen LogP contribution in [-0.4, -0.2) is 57.3 Å². The van der Waals surface area contributed by atoms with Crippen LogP contribution in [0.1, 0.15) is 23.6 Å². The second-order valence-corrected chi connectivity index (χ2v) is 8.20. The number of piperazine rings is 1. The first-order valence-electron chi connectivity index (χ1n) is 9.42. The molecule has 2 fully saturated rings. The first-order valence-corrected chi connectivity index (χ1v) is 10.3. The Morgan fingerprint density at radius 2 is 1.86 bits per heavy atom. The van der Waals surface area contributed by atoms with Gasteiger partial charge in [0.15, 0.2) is 0 Å². The first-order chi connectivity index (χ1) is 13.5. The number of H-pyrrole nitrogens is 1. The molecule has 3 heterocycles. The van der Waals surface area contributed by atoms with E-state index in [1.807, 2.05) is 16.3 Å². The fourth-order valence-corrected chi connectivity index (χ4v) is 4.60. The molecule has 1 N–H and O–H groups in total. The smallest absolute Gasteiger partial charge is 0.328 e. The summed E-state index contributed by atoms with van der Waals surface area (Å²) in [6.07, 6.45) is 2.50. The number of aryl methyl sites for hydroxylation is 1. The van der Waals surface area contributed by atoms with Gasteiger partial charge >= 0.3 is 5.69 Å². The molecule has 28 heavy (non-hydrogen) atoms. The molecular weight excluding hydrogens is 380 g/mol. The molecule has 0 radical (unpaired) electrons. The second-order valence-electron chi connectivity index (χ2n) is 7.22. The van der Waals surface area contributed by atoms with Crippen LogP contribution in [0.15, 0.2) is 39.4 Å². The Hall–Kier alpha value is -2.68. The van der Waals surface area contributed by atoms with Crippen LogP contribution in [0.4, 0.5) is 0 Å². The van der Waals surface area contributed by atoms with Crippen molar-refractivity contribution in [2.45, 2.75) is 25.3 Å². The number of rotatable bonds is 5. The monoisotopic (exact) mass is 402 g/mol. The fourth-order valence-electron chi connectivity index (χ4n) is 3.69. The van der Waals surface area contributed by atoms with Gasteiger partial charge in [-0.15, -0.1) is 11.3 Å².